The number of tetrazole rings is 1. The van der Waals surface area contributed by atoms with Crippen molar-refractivity contribution < 1.29 is 4.79 Å². The Labute approximate surface area is 144 Å². The van der Waals surface area contributed by atoms with Crippen LogP contribution in [0.25, 0.3) is 10.7 Å². The van der Waals surface area contributed by atoms with Crippen LogP contribution in [0.2, 0.25) is 0 Å². The Balaban J connectivity index is 1.26. The summed E-state index contributed by atoms with van der Waals surface area (Å²) in [6.07, 6.45) is 7.62. The van der Waals surface area contributed by atoms with E-state index in [0.29, 0.717) is 5.82 Å². The van der Waals surface area contributed by atoms with Crippen molar-refractivity contribution in [2.45, 2.75) is 50.6 Å². The Morgan fingerprint density at radius 3 is 2.58 bits per heavy atom. The first-order valence-electron chi connectivity index (χ1n) is 8.80. The molecule has 126 valence electrons. The molecule has 0 unspecified atom stereocenters. The van der Waals surface area contributed by atoms with E-state index in [9.17, 15) is 4.79 Å². The van der Waals surface area contributed by atoms with Crippen LogP contribution in [0.5, 0.6) is 0 Å². The van der Waals surface area contributed by atoms with E-state index in [2.05, 4.69) is 20.7 Å². The summed E-state index contributed by atoms with van der Waals surface area (Å²) >= 11 is 1.57. The second-order valence-corrected chi connectivity index (χ2v) is 8.81. The van der Waals surface area contributed by atoms with Crippen molar-refractivity contribution in [1.29, 1.82) is 0 Å². The van der Waals surface area contributed by atoms with Gasteiger partial charge in [-0.25, -0.2) is 0 Å². The van der Waals surface area contributed by atoms with Crippen molar-refractivity contribution in [2.75, 3.05) is 0 Å². The summed E-state index contributed by atoms with van der Waals surface area (Å²) in [5, 5.41) is 17.7. The minimum absolute atomic E-state index is 0.0204. The van der Waals surface area contributed by atoms with Gasteiger partial charge >= 0.3 is 0 Å². The molecule has 1 amide bonds. The van der Waals surface area contributed by atoms with Gasteiger partial charge in [0.25, 0.3) is 0 Å². The molecule has 2 aromatic heterocycles. The van der Waals surface area contributed by atoms with Gasteiger partial charge in [-0.2, -0.15) is 4.80 Å². The zero-order chi connectivity index (χ0) is 16.1. The van der Waals surface area contributed by atoms with Crippen molar-refractivity contribution >= 4 is 17.2 Å². The number of hydrogen-bond donors (Lipinski definition) is 1. The van der Waals surface area contributed by atoms with Gasteiger partial charge in [0.2, 0.25) is 11.7 Å². The Morgan fingerprint density at radius 1 is 1.25 bits per heavy atom. The fourth-order valence-electron chi connectivity index (χ4n) is 5.54. The first-order valence-corrected chi connectivity index (χ1v) is 9.68. The van der Waals surface area contributed by atoms with Crippen LogP contribution >= 0.6 is 11.3 Å². The van der Waals surface area contributed by atoms with Crippen LogP contribution in [0.15, 0.2) is 17.5 Å². The Hall–Kier alpha value is -1.76. The third kappa shape index (κ3) is 2.55. The highest BCUT2D eigenvalue weighted by atomic mass is 32.1. The van der Waals surface area contributed by atoms with E-state index in [1.54, 1.807) is 11.3 Å². The van der Waals surface area contributed by atoms with Crippen molar-refractivity contribution in [3.05, 3.63) is 17.5 Å². The SMILES string of the molecule is O=C(Cn1nnc(-c2cccs2)n1)NC12CC3CC(CC(C3)C1)C2. The molecule has 4 aliphatic carbocycles. The number of rotatable bonds is 4. The van der Waals surface area contributed by atoms with Crippen LogP contribution in [0.3, 0.4) is 0 Å². The van der Waals surface area contributed by atoms with Gasteiger partial charge < -0.3 is 5.32 Å². The van der Waals surface area contributed by atoms with Crippen molar-refractivity contribution in [2.24, 2.45) is 17.8 Å². The van der Waals surface area contributed by atoms with E-state index < -0.39 is 0 Å². The maximum Gasteiger partial charge on any atom is 0.244 e. The van der Waals surface area contributed by atoms with E-state index in [1.165, 1.54) is 24.1 Å². The van der Waals surface area contributed by atoms with Crippen molar-refractivity contribution in [1.82, 2.24) is 25.5 Å². The molecule has 0 atom stereocenters. The fraction of sp³-hybridized carbons (Fsp3) is 0.647. The molecule has 2 heterocycles. The smallest absolute Gasteiger partial charge is 0.244 e. The lowest BCUT2D eigenvalue weighted by Gasteiger charge is -2.56. The first kappa shape index (κ1) is 14.6. The standard InChI is InChI=1S/C17H21N5OS/c23-15(10-22-20-16(19-21-22)14-2-1-3-24-14)18-17-7-11-4-12(8-17)6-13(5-11)9-17/h1-3,11-13H,4-10H2,(H,18,23). The highest BCUT2D eigenvalue weighted by Crippen LogP contribution is 2.55. The number of nitrogens with zero attached hydrogens (tertiary/aromatic N) is 4. The molecular weight excluding hydrogens is 322 g/mol. The van der Waals surface area contributed by atoms with Gasteiger partial charge in [-0.05, 0) is 72.9 Å². The second kappa shape index (κ2) is 5.37. The van der Waals surface area contributed by atoms with E-state index >= 15 is 0 Å². The number of nitrogens with one attached hydrogen (secondary N) is 1. The summed E-state index contributed by atoms with van der Waals surface area (Å²) in [4.78, 5) is 14.9. The van der Waals surface area contributed by atoms with E-state index in [4.69, 9.17) is 0 Å². The summed E-state index contributed by atoms with van der Waals surface area (Å²) in [6.45, 7) is 0.153. The van der Waals surface area contributed by atoms with E-state index in [-0.39, 0.29) is 18.0 Å². The molecule has 4 bridgehead atoms. The molecule has 6 nitrogen and oxygen atoms in total. The molecule has 6 rings (SSSR count). The predicted molar refractivity (Wildman–Crippen MR) is 90.2 cm³/mol. The molecule has 24 heavy (non-hydrogen) atoms. The molecule has 0 radical (unpaired) electrons. The number of aromatic nitrogens is 4. The third-order valence-corrected chi connectivity index (χ3v) is 6.79. The number of carbonyl (C=O) groups excluding carboxylic acids is 1. The lowest BCUT2D eigenvalue weighted by atomic mass is 9.53. The number of carbonyl (C=O) groups is 1. The second-order valence-electron chi connectivity index (χ2n) is 7.87. The molecule has 0 aliphatic heterocycles. The average molecular weight is 343 g/mol. The molecule has 0 aromatic carbocycles. The summed E-state index contributed by atoms with van der Waals surface area (Å²) in [5.41, 5.74) is 0.0446. The van der Waals surface area contributed by atoms with Gasteiger partial charge in [0.15, 0.2) is 0 Å². The first-order chi connectivity index (χ1) is 11.7. The lowest BCUT2D eigenvalue weighted by molar-refractivity contribution is -0.127. The van der Waals surface area contributed by atoms with Crippen LogP contribution in [-0.4, -0.2) is 31.7 Å². The average Bonchev–Trinajstić information content (AvgIpc) is 3.15. The van der Waals surface area contributed by atoms with Crippen LogP contribution in [-0.2, 0) is 11.3 Å². The quantitative estimate of drug-likeness (QED) is 0.926. The summed E-state index contributed by atoms with van der Waals surface area (Å²) < 4.78 is 0. The van der Waals surface area contributed by atoms with Crippen LogP contribution in [0.4, 0.5) is 0 Å². The molecular formula is C17H21N5OS. The van der Waals surface area contributed by atoms with Crippen molar-refractivity contribution in [3.63, 3.8) is 0 Å². The molecule has 4 fully saturated rings. The fourth-order valence-corrected chi connectivity index (χ4v) is 6.19. The van der Waals surface area contributed by atoms with Gasteiger partial charge in [-0.1, -0.05) is 6.07 Å². The van der Waals surface area contributed by atoms with Crippen LogP contribution in [0, 0.1) is 17.8 Å². The molecule has 7 heteroatoms. The molecule has 4 aliphatic rings. The minimum Gasteiger partial charge on any atom is -0.349 e. The zero-order valence-corrected chi connectivity index (χ0v) is 14.3. The Bertz CT molecular complexity index is 718. The van der Waals surface area contributed by atoms with Gasteiger partial charge in [0.1, 0.15) is 6.54 Å². The topological polar surface area (TPSA) is 72.7 Å². The highest BCUT2D eigenvalue weighted by molar-refractivity contribution is 7.13. The summed E-state index contributed by atoms with van der Waals surface area (Å²) in [6, 6.07) is 3.92. The van der Waals surface area contributed by atoms with Gasteiger partial charge in [0, 0.05) is 5.54 Å². The third-order valence-electron chi connectivity index (χ3n) is 5.92. The molecule has 2 aromatic rings. The summed E-state index contributed by atoms with van der Waals surface area (Å²) in [5.74, 6) is 3.09. The lowest BCUT2D eigenvalue weighted by Crippen LogP contribution is -2.60. The minimum atomic E-state index is 0.0204. The highest BCUT2D eigenvalue weighted by Gasteiger charge is 2.51. The van der Waals surface area contributed by atoms with Crippen LogP contribution < -0.4 is 5.32 Å². The largest absolute Gasteiger partial charge is 0.349 e. The summed E-state index contributed by atoms with van der Waals surface area (Å²) in [7, 11) is 0. The maximum atomic E-state index is 12.6. The Morgan fingerprint density at radius 2 is 1.96 bits per heavy atom. The molecule has 0 saturated heterocycles. The van der Waals surface area contributed by atoms with E-state index in [0.717, 1.165) is 41.9 Å². The van der Waals surface area contributed by atoms with Gasteiger partial charge in [0.05, 0.1) is 4.88 Å². The number of hydrogen-bond acceptors (Lipinski definition) is 5. The normalized spacial score (nSPS) is 33.8. The molecule has 1 N–H and O–H groups in total. The predicted octanol–water partition coefficient (Wildman–Crippen LogP) is 2.49. The number of thiophene rings is 1. The van der Waals surface area contributed by atoms with E-state index in [1.807, 2.05) is 17.5 Å². The Kier molecular flexibility index (Phi) is 3.26. The maximum absolute atomic E-state index is 12.6. The molecule has 0 spiro atoms. The molecule has 4 saturated carbocycles. The van der Waals surface area contributed by atoms with Gasteiger partial charge in [-0.3, -0.25) is 4.79 Å². The zero-order valence-electron chi connectivity index (χ0n) is 13.5. The van der Waals surface area contributed by atoms with Crippen LogP contribution in [0.1, 0.15) is 38.5 Å². The van der Waals surface area contributed by atoms with Crippen molar-refractivity contribution in [3.8, 4) is 10.7 Å². The monoisotopic (exact) mass is 343 g/mol. The number of amides is 1. The van der Waals surface area contributed by atoms with Gasteiger partial charge in [-0.15, -0.1) is 21.5 Å².